The molecule has 1 atom stereocenters. The summed E-state index contributed by atoms with van der Waals surface area (Å²) >= 11 is -1.19. The van der Waals surface area contributed by atoms with E-state index in [1.165, 1.54) is 12.1 Å². The first-order valence-electron chi connectivity index (χ1n) is 6.51. The normalized spacial score (nSPS) is 12.3. The molecule has 0 aromatic heterocycles. The minimum Gasteiger partial charge on any atom is -0.612 e. The summed E-state index contributed by atoms with van der Waals surface area (Å²) in [6, 6.07) is 13.6. The van der Waals surface area contributed by atoms with E-state index < -0.39 is 16.1 Å². The van der Waals surface area contributed by atoms with E-state index in [0.717, 1.165) is 11.3 Å². The van der Waals surface area contributed by atoms with Crippen LogP contribution in [0.1, 0.15) is 11.1 Å². The molecule has 5 nitrogen and oxygen atoms in total. The fourth-order valence-corrected chi connectivity index (χ4v) is 2.76. The maximum atomic E-state index is 12.0. The van der Waals surface area contributed by atoms with Gasteiger partial charge in [-0.2, -0.15) is 0 Å². The van der Waals surface area contributed by atoms with Crippen molar-refractivity contribution in [2.45, 2.75) is 5.75 Å². The summed E-state index contributed by atoms with van der Waals surface area (Å²) < 4.78 is 17.1. The number of rotatable bonds is 6. The van der Waals surface area contributed by atoms with Gasteiger partial charge < -0.3 is 9.29 Å². The molecule has 2 aromatic rings. The van der Waals surface area contributed by atoms with Gasteiger partial charge in [0.15, 0.2) is 0 Å². The molecule has 0 saturated heterocycles. The van der Waals surface area contributed by atoms with E-state index in [1.54, 1.807) is 30.7 Å². The number of hydrogen-bond donors (Lipinski definition) is 0. The number of hydrogen-bond acceptors (Lipinski definition) is 4. The predicted octanol–water partition coefficient (Wildman–Crippen LogP) is 3.52. The Morgan fingerprint density at radius 3 is 2.59 bits per heavy atom. The first-order valence-corrected chi connectivity index (χ1v) is 7.89. The second kappa shape index (κ2) is 7.63. The van der Waals surface area contributed by atoms with Gasteiger partial charge in [-0.1, -0.05) is 24.3 Å². The van der Waals surface area contributed by atoms with Crippen LogP contribution < -0.4 is 4.74 Å². The molecule has 0 aliphatic carbocycles. The molecule has 0 spiro atoms. The molecule has 0 fully saturated rings. The zero-order valence-corrected chi connectivity index (χ0v) is 12.8. The zero-order valence-electron chi connectivity index (χ0n) is 12.0. The van der Waals surface area contributed by atoms with Gasteiger partial charge in [-0.15, -0.1) is 0 Å². The van der Waals surface area contributed by atoms with Crippen molar-refractivity contribution in [3.63, 3.8) is 0 Å². The van der Waals surface area contributed by atoms with E-state index in [9.17, 15) is 14.7 Å². The van der Waals surface area contributed by atoms with Crippen LogP contribution in [0.2, 0.25) is 0 Å². The predicted molar refractivity (Wildman–Crippen MR) is 87.0 cm³/mol. The van der Waals surface area contributed by atoms with Crippen molar-refractivity contribution in [1.29, 1.82) is 0 Å². The van der Waals surface area contributed by atoms with Crippen molar-refractivity contribution in [3.05, 3.63) is 75.2 Å². The van der Waals surface area contributed by atoms with Crippen molar-refractivity contribution in [3.8, 4) is 5.75 Å². The Kier molecular flexibility index (Phi) is 5.57. The summed E-state index contributed by atoms with van der Waals surface area (Å²) in [6.07, 6.45) is 1.63. The smallest absolute Gasteiger partial charge is 0.270 e. The lowest BCUT2D eigenvalue weighted by molar-refractivity contribution is -0.384. The Bertz CT molecular complexity index is 670. The molecule has 6 heteroatoms. The summed E-state index contributed by atoms with van der Waals surface area (Å²) in [6.45, 7) is 0. The average molecular weight is 317 g/mol. The van der Waals surface area contributed by atoms with E-state index >= 15 is 0 Å². The Morgan fingerprint density at radius 1 is 1.23 bits per heavy atom. The van der Waals surface area contributed by atoms with Gasteiger partial charge >= 0.3 is 0 Å². The lowest BCUT2D eigenvalue weighted by Crippen LogP contribution is -2.00. The highest BCUT2D eigenvalue weighted by atomic mass is 32.2. The third kappa shape index (κ3) is 4.61. The highest BCUT2D eigenvalue weighted by molar-refractivity contribution is 7.93. The zero-order chi connectivity index (χ0) is 15.9. The van der Waals surface area contributed by atoms with Gasteiger partial charge in [0, 0.05) is 17.7 Å². The first-order chi connectivity index (χ1) is 10.6. The molecule has 0 aliphatic rings. The summed E-state index contributed by atoms with van der Waals surface area (Å²) in [5.41, 5.74) is 1.60. The molecule has 114 valence electrons. The van der Waals surface area contributed by atoms with Crippen LogP contribution in [0.3, 0.4) is 0 Å². The molecule has 0 radical (unpaired) electrons. The van der Waals surface area contributed by atoms with E-state index in [4.69, 9.17) is 4.74 Å². The van der Waals surface area contributed by atoms with Crippen molar-refractivity contribution in [2.24, 2.45) is 0 Å². The van der Waals surface area contributed by atoms with Crippen LogP contribution >= 0.6 is 0 Å². The van der Waals surface area contributed by atoms with Gasteiger partial charge in [0.05, 0.1) is 12.0 Å². The summed E-state index contributed by atoms with van der Waals surface area (Å²) in [5.74, 6) is 1.14. The number of nitrogens with zero attached hydrogens (tertiary/aromatic N) is 1. The standard InChI is InChI=1S/C16H15NO4S/c1-21-16-7-5-14(6-8-16)12-22(20)10-9-13-3-2-4-15(11-13)17(18)19/h2-11H,12H2,1H3/b10-9+. The van der Waals surface area contributed by atoms with E-state index in [0.29, 0.717) is 11.3 Å². The number of ether oxygens (including phenoxy) is 1. The largest absolute Gasteiger partial charge is 0.612 e. The maximum Gasteiger partial charge on any atom is 0.270 e. The van der Waals surface area contributed by atoms with Crippen LogP contribution in [0.4, 0.5) is 5.69 Å². The van der Waals surface area contributed by atoms with Crippen LogP contribution in [0.15, 0.2) is 53.9 Å². The molecule has 2 aromatic carbocycles. The molecule has 22 heavy (non-hydrogen) atoms. The summed E-state index contributed by atoms with van der Waals surface area (Å²) in [4.78, 5) is 10.2. The Morgan fingerprint density at radius 2 is 1.95 bits per heavy atom. The van der Waals surface area contributed by atoms with Crippen LogP contribution in [-0.4, -0.2) is 16.6 Å². The lowest BCUT2D eigenvalue weighted by Gasteiger charge is -2.06. The second-order valence-corrected chi connectivity index (χ2v) is 5.85. The van der Waals surface area contributed by atoms with E-state index in [2.05, 4.69) is 0 Å². The fourth-order valence-electron chi connectivity index (χ4n) is 1.83. The molecule has 0 bridgehead atoms. The topological polar surface area (TPSA) is 75.4 Å². The maximum absolute atomic E-state index is 12.0. The molecule has 0 aliphatic heterocycles. The third-order valence-corrected chi connectivity index (χ3v) is 4.02. The molecule has 0 N–H and O–H groups in total. The quantitative estimate of drug-likeness (QED) is 0.464. The Balaban J connectivity index is 1.99. The first kappa shape index (κ1) is 16.1. The van der Waals surface area contributed by atoms with Crippen molar-refractivity contribution < 1.29 is 14.2 Å². The van der Waals surface area contributed by atoms with Gasteiger partial charge in [-0.3, -0.25) is 10.1 Å². The van der Waals surface area contributed by atoms with E-state index in [-0.39, 0.29) is 5.69 Å². The fraction of sp³-hybridized carbons (Fsp3) is 0.125. The van der Waals surface area contributed by atoms with Gasteiger partial charge in [-0.25, -0.2) is 0 Å². The van der Waals surface area contributed by atoms with Gasteiger partial charge in [0.2, 0.25) is 0 Å². The highest BCUT2D eigenvalue weighted by Crippen LogP contribution is 2.17. The van der Waals surface area contributed by atoms with Crippen LogP contribution in [0, 0.1) is 10.1 Å². The number of methoxy groups -OCH3 is 1. The number of non-ortho nitro benzene ring substituents is 1. The summed E-state index contributed by atoms with van der Waals surface area (Å²) in [5, 5.41) is 12.2. The molecule has 0 heterocycles. The molecule has 1 unspecified atom stereocenters. The third-order valence-electron chi connectivity index (χ3n) is 2.96. The molecule has 0 saturated carbocycles. The van der Waals surface area contributed by atoms with Gasteiger partial charge in [-0.05, 0) is 34.9 Å². The average Bonchev–Trinajstić information content (AvgIpc) is 2.54. The lowest BCUT2D eigenvalue weighted by atomic mass is 10.2. The monoisotopic (exact) mass is 317 g/mol. The number of benzene rings is 2. The molecular formula is C16H15NO4S. The van der Waals surface area contributed by atoms with Crippen LogP contribution in [0.5, 0.6) is 5.75 Å². The number of nitro benzene ring substituents is 1. The van der Waals surface area contributed by atoms with Crippen molar-refractivity contribution >= 4 is 22.9 Å². The number of nitro groups is 1. The minimum atomic E-state index is -1.19. The van der Waals surface area contributed by atoms with Crippen LogP contribution in [-0.2, 0) is 16.9 Å². The molecule has 0 amide bonds. The Labute approximate surface area is 131 Å². The highest BCUT2D eigenvalue weighted by Gasteiger charge is 2.06. The van der Waals surface area contributed by atoms with Crippen LogP contribution in [0.25, 0.3) is 6.08 Å². The van der Waals surface area contributed by atoms with Crippen molar-refractivity contribution in [1.82, 2.24) is 0 Å². The molecule has 2 rings (SSSR count). The van der Waals surface area contributed by atoms with Crippen molar-refractivity contribution in [2.75, 3.05) is 7.11 Å². The second-order valence-electron chi connectivity index (χ2n) is 4.53. The van der Waals surface area contributed by atoms with E-state index in [1.807, 2.05) is 24.3 Å². The van der Waals surface area contributed by atoms with Gasteiger partial charge in [0.25, 0.3) is 5.69 Å². The SMILES string of the molecule is COc1ccc(C[S+]([O-])/C=C/c2cccc([N+](=O)[O-])c2)cc1. The van der Waals surface area contributed by atoms with Gasteiger partial charge in [0.1, 0.15) is 16.9 Å². The Hall–Kier alpha value is -2.31. The molecular weight excluding hydrogens is 302 g/mol. The summed E-state index contributed by atoms with van der Waals surface area (Å²) in [7, 11) is 1.59. The minimum absolute atomic E-state index is 0.0167.